The highest BCUT2D eigenvalue weighted by molar-refractivity contribution is 5.80. The van der Waals surface area contributed by atoms with Crippen LogP contribution in [-0.4, -0.2) is 23.2 Å². The summed E-state index contributed by atoms with van der Waals surface area (Å²) in [6.07, 6.45) is 4.76. The van der Waals surface area contributed by atoms with Gasteiger partial charge in [-0.25, -0.2) is 0 Å². The van der Waals surface area contributed by atoms with Crippen molar-refractivity contribution < 1.29 is 9.90 Å². The summed E-state index contributed by atoms with van der Waals surface area (Å²) in [7, 11) is 0. The molecule has 0 spiro atoms. The van der Waals surface area contributed by atoms with E-state index in [1.165, 1.54) is 0 Å². The van der Waals surface area contributed by atoms with E-state index in [0.717, 1.165) is 25.7 Å². The maximum Gasteiger partial charge on any atom is 0.224 e. The Labute approximate surface area is 105 Å². The van der Waals surface area contributed by atoms with Crippen LogP contribution in [0.5, 0.6) is 0 Å². The molecule has 3 heteroatoms. The number of carbonyl (C=O) groups excluding carboxylic acids is 1. The highest BCUT2D eigenvalue weighted by Crippen LogP contribution is 2.42. The van der Waals surface area contributed by atoms with Crippen LogP contribution in [-0.2, 0) is 4.79 Å². The Morgan fingerprint density at radius 1 is 1.53 bits per heavy atom. The van der Waals surface area contributed by atoms with Crippen LogP contribution in [0.25, 0.3) is 0 Å². The van der Waals surface area contributed by atoms with Crippen molar-refractivity contribution in [2.24, 2.45) is 11.3 Å². The lowest BCUT2D eigenvalue weighted by atomic mass is 9.80. The summed E-state index contributed by atoms with van der Waals surface area (Å²) >= 11 is 0. The normalized spacial score (nSPS) is 26.5. The fourth-order valence-electron chi connectivity index (χ4n) is 2.77. The van der Waals surface area contributed by atoms with Gasteiger partial charge in [0.05, 0.1) is 0 Å². The van der Waals surface area contributed by atoms with Gasteiger partial charge in [-0.3, -0.25) is 4.79 Å². The van der Waals surface area contributed by atoms with Crippen molar-refractivity contribution in [3.8, 4) is 0 Å². The smallest absolute Gasteiger partial charge is 0.224 e. The Morgan fingerprint density at radius 3 is 2.59 bits per heavy atom. The molecule has 0 aromatic carbocycles. The highest BCUT2D eigenvalue weighted by atomic mass is 16.3. The van der Waals surface area contributed by atoms with Crippen LogP contribution < -0.4 is 5.32 Å². The third-order valence-corrected chi connectivity index (χ3v) is 4.44. The number of rotatable bonds is 5. The first-order chi connectivity index (χ1) is 7.84. The van der Waals surface area contributed by atoms with Crippen molar-refractivity contribution in [3.63, 3.8) is 0 Å². The molecule has 0 radical (unpaired) electrons. The molecule has 1 fully saturated rings. The van der Waals surface area contributed by atoms with E-state index in [1.54, 1.807) is 0 Å². The SMILES string of the molecule is CCC(C)(CCO)NC(=O)C1CCCC1(C)C. The van der Waals surface area contributed by atoms with E-state index in [0.29, 0.717) is 6.42 Å². The zero-order valence-corrected chi connectivity index (χ0v) is 11.7. The van der Waals surface area contributed by atoms with E-state index in [2.05, 4.69) is 26.1 Å². The van der Waals surface area contributed by atoms with E-state index in [1.807, 2.05) is 6.92 Å². The first kappa shape index (κ1) is 14.5. The van der Waals surface area contributed by atoms with Crippen LogP contribution in [0.15, 0.2) is 0 Å². The molecule has 100 valence electrons. The molecule has 1 aliphatic rings. The van der Waals surface area contributed by atoms with Crippen LogP contribution in [0.1, 0.15) is 59.8 Å². The monoisotopic (exact) mass is 241 g/mol. The summed E-state index contributed by atoms with van der Waals surface area (Å²) in [5.74, 6) is 0.303. The molecule has 1 saturated carbocycles. The van der Waals surface area contributed by atoms with Gasteiger partial charge in [-0.05, 0) is 38.0 Å². The van der Waals surface area contributed by atoms with E-state index in [4.69, 9.17) is 5.11 Å². The van der Waals surface area contributed by atoms with Crippen molar-refractivity contribution in [1.29, 1.82) is 0 Å². The van der Waals surface area contributed by atoms with Gasteiger partial charge in [0.1, 0.15) is 0 Å². The number of aliphatic hydroxyl groups is 1. The molecule has 1 amide bonds. The molecule has 0 heterocycles. The van der Waals surface area contributed by atoms with E-state index in [-0.39, 0.29) is 29.4 Å². The van der Waals surface area contributed by atoms with Gasteiger partial charge in [0, 0.05) is 18.1 Å². The molecule has 2 N–H and O–H groups in total. The largest absolute Gasteiger partial charge is 0.396 e. The molecule has 0 aromatic heterocycles. The van der Waals surface area contributed by atoms with Gasteiger partial charge in [-0.15, -0.1) is 0 Å². The standard InChI is InChI=1S/C14H27NO2/c1-5-14(4,9-10-16)15-12(17)11-7-6-8-13(11,2)3/h11,16H,5-10H2,1-4H3,(H,15,17). The van der Waals surface area contributed by atoms with Gasteiger partial charge in [0.15, 0.2) is 0 Å². The van der Waals surface area contributed by atoms with Gasteiger partial charge in [-0.2, -0.15) is 0 Å². The highest BCUT2D eigenvalue weighted by Gasteiger charge is 2.40. The average molecular weight is 241 g/mol. The number of nitrogens with one attached hydrogen (secondary N) is 1. The molecule has 0 bridgehead atoms. The second-order valence-electron chi connectivity index (χ2n) is 6.31. The Balaban J connectivity index is 2.65. The third kappa shape index (κ3) is 3.44. The van der Waals surface area contributed by atoms with E-state index in [9.17, 15) is 4.79 Å². The Morgan fingerprint density at radius 2 is 2.18 bits per heavy atom. The molecule has 3 nitrogen and oxygen atoms in total. The zero-order chi connectivity index (χ0) is 13.1. The van der Waals surface area contributed by atoms with Crippen molar-refractivity contribution in [1.82, 2.24) is 5.32 Å². The Kier molecular flexibility index (Phi) is 4.59. The summed E-state index contributed by atoms with van der Waals surface area (Å²) in [6, 6.07) is 0. The predicted octanol–water partition coefficient (Wildman–Crippen LogP) is 2.48. The fraction of sp³-hybridized carbons (Fsp3) is 0.929. The molecule has 2 unspecified atom stereocenters. The number of aliphatic hydroxyl groups excluding tert-OH is 1. The van der Waals surface area contributed by atoms with E-state index >= 15 is 0 Å². The van der Waals surface area contributed by atoms with Crippen LogP contribution in [0.2, 0.25) is 0 Å². The maximum absolute atomic E-state index is 12.3. The number of hydrogen-bond acceptors (Lipinski definition) is 2. The van der Waals surface area contributed by atoms with E-state index < -0.39 is 0 Å². The molecule has 0 saturated heterocycles. The summed E-state index contributed by atoms with van der Waals surface area (Å²) in [4.78, 5) is 12.3. The predicted molar refractivity (Wildman–Crippen MR) is 69.7 cm³/mol. The van der Waals surface area contributed by atoms with Gasteiger partial charge >= 0.3 is 0 Å². The van der Waals surface area contributed by atoms with Gasteiger partial charge in [0.2, 0.25) is 5.91 Å². The molecule has 0 aromatic rings. The molecule has 2 atom stereocenters. The average Bonchev–Trinajstić information content (AvgIpc) is 2.58. The molecule has 0 aliphatic heterocycles. The van der Waals surface area contributed by atoms with Crippen LogP contribution in [0.3, 0.4) is 0 Å². The second-order valence-corrected chi connectivity index (χ2v) is 6.31. The minimum absolute atomic E-state index is 0.123. The summed E-state index contributed by atoms with van der Waals surface area (Å²) < 4.78 is 0. The lowest BCUT2D eigenvalue weighted by molar-refractivity contribution is -0.129. The van der Waals surface area contributed by atoms with Crippen molar-refractivity contribution >= 4 is 5.91 Å². The van der Waals surface area contributed by atoms with Crippen molar-refractivity contribution in [3.05, 3.63) is 0 Å². The molecule has 17 heavy (non-hydrogen) atoms. The minimum atomic E-state index is -0.259. The molecule has 1 rings (SSSR count). The number of hydrogen-bond donors (Lipinski definition) is 2. The van der Waals surface area contributed by atoms with Crippen LogP contribution in [0.4, 0.5) is 0 Å². The Hall–Kier alpha value is -0.570. The third-order valence-electron chi connectivity index (χ3n) is 4.44. The molecule has 1 aliphatic carbocycles. The first-order valence-electron chi connectivity index (χ1n) is 6.77. The van der Waals surface area contributed by atoms with Crippen molar-refractivity contribution in [2.45, 2.75) is 65.3 Å². The van der Waals surface area contributed by atoms with Crippen LogP contribution >= 0.6 is 0 Å². The summed E-state index contributed by atoms with van der Waals surface area (Å²) in [6.45, 7) is 8.55. The zero-order valence-electron chi connectivity index (χ0n) is 11.7. The molecular formula is C14H27NO2. The van der Waals surface area contributed by atoms with Gasteiger partial charge in [0.25, 0.3) is 0 Å². The fourth-order valence-corrected chi connectivity index (χ4v) is 2.77. The van der Waals surface area contributed by atoms with Crippen LogP contribution in [0, 0.1) is 11.3 Å². The summed E-state index contributed by atoms with van der Waals surface area (Å²) in [5, 5.41) is 12.2. The lowest BCUT2D eigenvalue weighted by Crippen LogP contribution is -2.50. The van der Waals surface area contributed by atoms with Gasteiger partial charge in [-0.1, -0.05) is 27.2 Å². The summed E-state index contributed by atoms with van der Waals surface area (Å²) in [5.41, 5.74) is -0.136. The maximum atomic E-state index is 12.3. The quantitative estimate of drug-likeness (QED) is 0.777. The lowest BCUT2D eigenvalue weighted by Gasteiger charge is -2.33. The number of amides is 1. The number of carbonyl (C=O) groups is 1. The first-order valence-corrected chi connectivity index (χ1v) is 6.77. The molecular weight excluding hydrogens is 214 g/mol. The van der Waals surface area contributed by atoms with Crippen molar-refractivity contribution in [2.75, 3.05) is 6.61 Å². The topological polar surface area (TPSA) is 49.3 Å². The minimum Gasteiger partial charge on any atom is -0.396 e. The second kappa shape index (κ2) is 5.38. The Bertz CT molecular complexity index is 275. The van der Waals surface area contributed by atoms with Gasteiger partial charge < -0.3 is 10.4 Å².